The molecule has 0 aromatic carbocycles. The third-order valence-electron chi connectivity index (χ3n) is 5.27. The van der Waals surface area contributed by atoms with E-state index >= 15 is 0 Å². The SMILES string of the molecule is C=C(C)C(/C=C\C(C)=C(CCC)/C(NC(=C/C)/N=C(\C=C\CC)OC1CC1)=C(/C)N)=N/C(=O)OC(C)(C)C. The number of ether oxygens (including phenoxy) is 2. The Labute approximate surface area is 230 Å². The van der Waals surface area contributed by atoms with E-state index in [4.69, 9.17) is 20.2 Å². The highest BCUT2D eigenvalue weighted by Crippen LogP contribution is 2.25. The number of rotatable bonds is 12. The first kappa shape index (κ1) is 32.7. The number of amides is 1. The van der Waals surface area contributed by atoms with Crippen LogP contribution in [0.15, 0.2) is 80.9 Å². The Morgan fingerprint density at radius 1 is 1.11 bits per heavy atom. The largest absolute Gasteiger partial charge is 0.474 e. The van der Waals surface area contributed by atoms with E-state index in [2.05, 4.69) is 30.7 Å². The topological polar surface area (TPSA) is 98.3 Å². The average molecular weight is 525 g/mol. The number of nitrogens with two attached hydrogens (primary N) is 1. The van der Waals surface area contributed by atoms with Crippen LogP contribution in [0.1, 0.15) is 94.4 Å². The second-order valence-corrected chi connectivity index (χ2v) is 10.4. The van der Waals surface area contributed by atoms with Crippen molar-refractivity contribution in [2.45, 2.75) is 106 Å². The summed E-state index contributed by atoms with van der Waals surface area (Å²) in [5.74, 6) is 1.24. The highest BCUT2D eigenvalue weighted by atomic mass is 16.6. The van der Waals surface area contributed by atoms with E-state index in [1.54, 1.807) is 33.8 Å². The molecule has 1 aliphatic rings. The van der Waals surface area contributed by atoms with Gasteiger partial charge in [-0.05, 0) is 109 Å². The fraction of sp³-hybridized carbons (Fsp3) is 0.516. The van der Waals surface area contributed by atoms with Gasteiger partial charge in [-0.3, -0.25) is 0 Å². The van der Waals surface area contributed by atoms with Gasteiger partial charge in [-0.15, -0.1) is 0 Å². The summed E-state index contributed by atoms with van der Waals surface area (Å²) in [6, 6.07) is 0. The fourth-order valence-electron chi connectivity index (χ4n) is 3.23. The summed E-state index contributed by atoms with van der Waals surface area (Å²) in [7, 11) is 0. The molecule has 3 N–H and O–H groups in total. The van der Waals surface area contributed by atoms with Gasteiger partial charge in [0.2, 0.25) is 5.90 Å². The van der Waals surface area contributed by atoms with Gasteiger partial charge in [-0.1, -0.05) is 39.0 Å². The molecule has 0 aromatic heterocycles. The standard InChI is InChI=1S/C31H48N4O3/c1-11-14-16-28(37-24-18-19-24)34-27(13-3)35-29(23(7)32)25(15-12-2)22(6)17-20-26(21(4)5)33-30(36)38-31(8,9)10/h13-14,16-17,20,24,35H,4,11-12,15,18-19,32H2,1-3,5-10H3/b16-14+,20-17-,25-22-,27-13+,29-23+,33-26+,34-28+. The normalized spacial score (nSPS) is 16.9. The molecule has 0 aromatic rings. The van der Waals surface area contributed by atoms with Crippen molar-refractivity contribution in [1.82, 2.24) is 5.32 Å². The maximum atomic E-state index is 12.3. The lowest BCUT2D eigenvalue weighted by molar-refractivity contribution is 0.0604. The molecule has 0 atom stereocenters. The minimum atomic E-state index is -0.646. The summed E-state index contributed by atoms with van der Waals surface area (Å²) in [5.41, 5.74) is 10.4. The predicted octanol–water partition coefficient (Wildman–Crippen LogP) is 7.80. The zero-order chi connectivity index (χ0) is 28.9. The van der Waals surface area contributed by atoms with Gasteiger partial charge in [-0.2, -0.15) is 9.98 Å². The van der Waals surface area contributed by atoms with Crippen LogP contribution in [0.2, 0.25) is 0 Å². The average Bonchev–Trinajstić information content (AvgIpc) is 3.63. The third kappa shape index (κ3) is 12.7. The van der Waals surface area contributed by atoms with Crippen molar-refractivity contribution in [3.05, 3.63) is 70.9 Å². The molecule has 0 saturated heterocycles. The van der Waals surface area contributed by atoms with Crippen molar-refractivity contribution in [2.75, 3.05) is 0 Å². The molecule has 1 saturated carbocycles. The van der Waals surface area contributed by atoms with E-state index in [1.807, 2.05) is 45.1 Å². The van der Waals surface area contributed by atoms with Crippen molar-refractivity contribution in [3.8, 4) is 0 Å². The van der Waals surface area contributed by atoms with Crippen molar-refractivity contribution in [2.24, 2.45) is 15.7 Å². The van der Waals surface area contributed by atoms with E-state index in [9.17, 15) is 4.79 Å². The van der Waals surface area contributed by atoms with E-state index < -0.39 is 11.7 Å². The maximum Gasteiger partial charge on any atom is 0.434 e. The van der Waals surface area contributed by atoms with Crippen LogP contribution in [0.25, 0.3) is 0 Å². The predicted molar refractivity (Wildman–Crippen MR) is 160 cm³/mol. The molecular weight excluding hydrogens is 476 g/mol. The molecular formula is C31H48N4O3. The smallest absolute Gasteiger partial charge is 0.434 e. The summed E-state index contributed by atoms with van der Waals surface area (Å²) in [6.45, 7) is 21.2. The second-order valence-electron chi connectivity index (χ2n) is 10.4. The molecule has 1 rings (SSSR count). The molecule has 7 heteroatoms. The van der Waals surface area contributed by atoms with Gasteiger partial charge in [0.15, 0.2) is 0 Å². The summed E-state index contributed by atoms with van der Waals surface area (Å²) in [6.07, 6.45) is 13.9. The highest BCUT2D eigenvalue weighted by Gasteiger charge is 2.24. The first-order valence-electron chi connectivity index (χ1n) is 13.5. The Kier molecular flexibility index (Phi) is 13.6. The Morgan fingerprint density at radius 2 is 1.76 bits per heavy atom. The van der Waals surface area contributed by atoms with Crippen molar-refractivity contribution >= 4 is 17.7 Å². The van der Waals surface area contributed by atoms with E-state index in [-0.39, 0.29) is 6.10 Å². The van der Waals surface area contributed by atoms with Gasteiger partial charge in [-0.25, -0.2) is 4.79 Å². The molecule has 38 heavy (non-hydrogen) atoms. The van der Waals surface area contributed by atoms with Crippen LogP contribution in [0.4, 0.5) is 4.79 Å². The van der Waals surface area contributed by atoms with Crippen LogP contribution >= 0.6 is 0 Å². The number of nitrogens with one attached hydrogen (secondary N) is 1. The second kappa shape index (κ2) is 15.8. The van der Waals surface area contributed by atoms with Gasteiger partial charge in [0, 0.05) is 5.70 Å². The number of carbonyl (C=O) groups is 1. The zero-order valence-electron chi connectivity index (χ0n) is 24.9. The van der Waals surface area contributed by atoms with Gasteiger partial charge >= 0.3 is 6.09 Å². The Hall–Kier alpha value is -3.35. The van der Waals surface area contributed by atoms with E-state index in [0.717, 1.165) is 48.9 Å². The lowest BCUT2D eigenvalue weighted by Gasteiger charge is -2.19. The van der Waals surface area contributed by atoms with Crippen LogP contribution in [-0.2, 0) is 9.47 Å². The molecule has 0 unspecified atom stereocenters. The minimum Gasteiger partial charge on any atom is -0.474 e. The molecule has 1 fully saturated rings. The van der Waals surface area contributed by atoms with Gasteiger partial charge in [0.1, 0.15) is 17.5 Å². The Balaban J connectivity index is 3.37. The number of nitrogens with zero attached hydrogens (tertiary/aromatic N) is 2. The molecule has 7 nitrogen and oxygen atoms in total. The molecule has 0 radical (unpaired) electrons. The lowest BCUT2D eigenvalue weighted by atomic mass is 9.98. The number of carbonyl (C=O) groups excluding carboxylic acids is 1. The van der Waals surface area contributed by atoms with Crippen LogP contribution in [0, 0.1) is 0 Å². The highest BCUT2D eigenvalue weighted by molar-refractivity contribution is 6.11. The molecule has 0 bridgehead atoms. The summed E-state index contributed by atoms with van der Waals surface area (Å²) in [5, 5.41) is 3.44. The molecule has 0 spiro atoms. The Morgan fingerprint density at radius 3 is 2.24 bits per heavy atom. The minimum absolute atomic E-state index is 0.243. The van der Waals surface area contributed by atoms with Gasteiger partial charge in [0.25, 0.3) is 0 Å². The molecule has 1 amide bonds. The zero-order valence-corrected chi connectivity index (χ0v) is 24.9. The summed E-state index contributed by atoms with van der Waals surface area (Å²) >= 11 is 0. The van der Waals surface area contributed by atoms with Crippen molar-refractivity contribution in [1.29, 1.82) is 0 Å². The maximum absolute atomic E-state index is 12.3. The molecule has 0 aliphatic heterocycles. The number of aliphatic imine (C=N–C) groups is 2. The number of allylic oxidation sites excluding steroid dienone is 8. The fourth-order valence-corrected chi connectivity index (χ4v) is 3.23. The summed E-state index contributed by atoms with van der Waals surface area (Å²) in [4.78, 5) is 21.1. The van der Waals surface area contributed by atoms with E-state index in [0.29, 0.717) is 28.7 Å². The first-order valence-corrected chi connectivity index (χ1v) is 13.5. The van der Waals surface area contributed by atoms with Crippen molar-refractivity contribution in [3.63, 3.8) is 0 Å². The van der Waals surface area contributed by atoms with Gasteiger partial charge < -0.3 is 20.5 Å². The molecule has 1 aliphatic carbocycles. The monoisotopic (exact) mass is 524 g/mol. The number of hydrogen-bond acceptors (Lipinski definition) is 6. The van der Waals surface area contributed by atoms with Gasteiger partial charge in [0.05, 0.1) is 11.4 Å². The van der Waals surface area contributed by atoms with Crippen LogP contribution in [0.3, 0.4) is 0 Å². The molecule has 210 valence electrons. The lowest BCUT2D eigenvalue weighted by Crippen LogP contribution is -2.22. The van der Waals surface area contributed by atoms with E-state index in [1.165, 1.54) is 0 Å². The van der Waals surface area contributed by atoms with Crippen LogP contribution < -0.4 is 11.1 Å². The molecule has 0 heterocycles. The summed E-state index contributed by atoms with van der Waals surface area (Å²) < 4.78 is 11.3. The third-order valence-corrected chi connectivity index (χ3v) is 5.27. The van der Waals surface area contributed by atoms with Crippen molar-refractivity contribution < 1.29 is 14.3 Å². The number of hydrogen-bond donors (Lipinski definition) is 2. The quantitative estimate of drug-likeness (QED) is 0.154. The van der Waals surface area contributed by atoms with Crippen LogP contribution in [0.5, 0.6) is 0 Å². The Bertz CT molecular complexity index is 1060. The van der Waals surface area contributed by atoms with Crippen LogP contribution in [-0.4, -0.2) is 29.4 Å². The first-order chi connectivity index (χ1) is 17.8.